The van der Waals surface area contributed by atoms with Crippen molar-refractivity contribution in [2.75, 3.05) is 19.3 Å². The van der Waals surface area contributed by atoms with Crippen LogP contribution >= 0.6 is 11.8 Å². The van der Waals surface area contributed by atoms with E-state index in [-0.39, 0.29) is 0 Å². The number of amidine groups is 1. The fourth-order valence-electron chi connectivity index (χ4n) is 1.94. The molecule has 0 aromatic heterocycles. The van der Waals surface area contributed by atoms with Crippen molar-refractivity contribution in [1.82, 2.24) is 4.90 Å². The van der Waals surface area contributed by atoms with Crippen molar-refractivity contribution in [1.29, 1.82) is 5.26 Å². The maximum Gasteiger partial charge on any atom is 0.208 e. The maximum atomic E-state index is 8.52. The molecule has 1 aliphatic rings. The third kappa shape index (κ3) is 2.91. The Morgan fingerprint density at radius 3 is 3.07 bits per heavy atom. The SMILES string of the molecule is CCCC1CCN(C(=NC#N)SC)C1. The fraction of sp³-hybridized carbons (Fsp3) is 0.800. The number of hydrogen-bond acceptors (Lipinski definition) is 3. The van der Waals surface area contributed by atoms with Gasteiger partial charge in [0.25, 0.3) is 0 Å². The van der Waals surface area contributed by atoms with Crippen LogP contribution in [0.5, 0.6) is 0 Å². The van der Waals surface area contributed by atoms with Crippen LogP contribution in [0.25, 0.3) is 0 Å². The van der Waals surface area contributed by atoms with Gasteiger partial charge in [0.1, 0.15) is 0 Å². The van der Waals surface area contributed by atoms with E-state index in [2.05, 4.69) is 16.8 Å². The highest BCUT2D eigenvalue weighted by Gasteiger charge is 2.23. The Labute approximate surface area is 90.2 Å². The van der Waals surface area contributed by atoms with Gasteiger partial charge in [-0.3, -0.25) is 0 Å². The first-order valence-corrected chi connectivity index (χ1v) is 6.30. The Hall–Kier alpha value is -0.690. The number of nitrogens with zero attached hydrogens (tertiary/aromatic N) is 3. The molecule has 0 radical (unpaired) electrons. The van der Waals surface area contributed by atoms with Crippen molar-refractivity contribution in [3.63, 3.8) is 0 Å². The summed E-state index contributed by atoms with van der Waals surface area (Å²) in [6, 6.07) is 0. The lowest BCUT2D eigenvalue weighted by Gasteiger charge is -2.17. The molecule has 0 aliphatic carbocycles. The molecule has 0 N–H and O–H groups in total. The predicted molar refractivity (Wildman–Crippen MR) is 61.2 cm³/mol. The van der Waals surface area contributed by atoms with Crippen LogP contribution in [0.15, 0.2) is 4.99 Å². The summed E-state index contributed by atoms with van der Waals surface area (Å²) in [5.41, 5.74) is 0. The summed E-state index contributed by atoms with van der Waals surface area (Å²) >= 11 is 1.57. The van der Waals surface area contributed by atoms with Gasteiger partial charge in [-0.1, -0.05) is 25.1 Å². The van der Waals surface area contributed by atoms with Crippen LogP contribution in [0.3, 0.4) is 0 Å². The van der Waals surface area contributed by atoms with Crippen LogP contribution in [-0.2, 0) is 0 Å². The Balaban J connectivity index is 2.48. The summed E-state index contributed by atoms with van der Waals surface area (Å²) in [7, 11) is 0. The lowest BCUT2D eigenvalue weighted by atomic mass is 10.0. The molecular formula is C10H17N3S. The van der Waals surface area contributed by atoms with E-state index in [9.17, 15) is 0 Å². The van der Waals surface area contributed by atoms with Crippen LogP contribution in [0.2, 0.25) is 0 Å². The lowest BCUT2D eigenvalue weighted by molar-refractivity contribution is 0.464. The van der Waals surface area contributed by atoms with Crippen molar-refractivity contribution < 1.29 is 0 Å². The number of aliphatic imine (C=N–C) groups is 1. The molecule has 1 aliphatic heterocycles. The summed E-state index contributed by atoms with van der Waals surface area (Å²) in [5, 5.41) is 9.40. The van der Waals surface area contributed by atoms with Crippen molar-refractivity contribution in [3.8, 4) is 6.19 Å². The maximum absolute atomic E-state index is 8.52. The van der Waals surface area contributed by atoms with E-state index in [4.69, 9.17) is 5.26 Å². The highest BCUT2D eigenvalue weighted by atomic mass is 32.2. The summed E-state index contributed by atoms with van der Waals surface area (Å²) < 4.78 is 0. The normalized spacial score (nSPS) is 22.5. The molecule has 0 spiro atoms. The molecule has 0 bridgehead atoms. The molecule has 4 heteroatoms. The van der Waals surface area contributed by atoms with E-state index in [1.54, 1.807) is 11.8 Å². The molecule has 1 saturated heterocycles. The molecule has 1 rings (SSSR count). The molecule has 14 heavy (non-hydrogen) atoms. The first-order chi connectivity index (χ1) is 6.81. The van der Waals surface area contributed by atoms with E-state index in [1.165, 1.54) is 19.3 Å². The first-order valence-electron chi connectivity index (χ1n) is 5.07. The average molecular weight is 211 g/mol. The van der Waals surface area contributed by atoms with Crippen LogP contribution in [0.4, 0.5) is 0 Å². The fourth-order valence-corrected chi connectivity index (χ4v) is 2.49. The Morgan fingerprint density at radius 1 is 1.71 bits per heavy atom. The summed E-state index contributed by atoms with van der Waals surface area (Å²) in [6.07, 6.45) is 7.64. The van der Waals surface area contributed by atoms with Crippen molar-refractivity contribution in [2.24, 2.45) is 10.9 Å². The Kier molecular flexibility index (Phi) is 4.81. The first kappa shape index (κ1) is 11.4. The van der Waals surface area contributed by atoms with E-state index < -0.39 is 0 Å². The molecule has 1 fully saturated rings. The standard InChI is InChI=1S/C10H17N3S/c1-3-4-9-5-6-13(7-9)10(14-2)12-8-11/h9H,3-7H2,1-2H3. The van der Waals surface area contributed by atoms with Gasteiger partial charge in [-0.2, -0.15) is 5.26 Å². The molecule has 0 aromatic carbocycles. The van der Waals surface area contributed by atoms with Crippen molar-refractivity contribution in [3.05, 3.63) is 0 Å². The lowest BCUT2D eigenvalue weighted by Crippen LogP contribution is -2.25. The molecule has 1 heterocycles. The van der Waals surface area contributed by atoms with E-state index >= 15 is 0 Å². The minimum atomic E-state index is 0.802. The van der Waals surface area contributed by atoms with Gasteiger partial charge < -0.3 is 4.90 Å². The summed E-state index contributed by atoms with van der Waals surface area (Å²) in [5.74, 6) is 0.802. The van der Waals surface area contributed by atoms with Gasteiger partial charge in [-0.25, -0.2) is 0 Å². The van der Waals surface area contributed by atoms with Gasteiger partial charge in [0, 0.05) is 13.1 Å². The van der Waals surface area contributed by atoms with Crippen molar-refractivity contribution in [2.45, 2.75) is 26.2 Å². The van der Waals surface area contributed by atoms with E-state index in [0.717, 1.165) is 24.2 Å². The predicted octanol–water partition coefficient (Wildman–Crippen LogP) is 2.31. The molecular weight excluding hydrogens is 194 g/mol. The highest BCUT2D eigenvalue weighted by molar-refractivity contribution is 8.13. The molecule has 3 nitrogen and oxygen atoms in total. The largest absolute Gasteiger partial charge is 0.350 e. The van der Waals surface area contributed by atoms with E-state index in [1.807, 2.05) is 12.4 Å². The molecule has 0 amide bonds. The molecule has 78 valence electrons. The van der Waals surface area contributed by atoms with Crippen LogP contribution in [-0.4, -0.2) is 29.4 Å². The third-order valence-electron chi connectivity index (χ3n) is 2.58. The molecule has 0 aromatic rings. The van der Waals surface area contributed by atoms with Gasteiger partial charge in [-0.15, -0.1) is 4.99 Å². The summed E-state index contributed by atoms with van der Waals surface area (Å²) in [6.45, 7) is 4.36. The van der Waals surface area contributed by atoms with Crippen LogP contribution in [0, 0.1) is 17.4 Å². The number of likely N-dealkylation sites (tertiary alicyclic amines) is 1. The van der Waals surface area contributed by atoms with Gasteiger partial charge >= 0.3 is 0 Å². The topological polar surface area (TPSA) is 39.4 Å². The minimum Gasteiger partial charge on any atom is -0.350 e. The third-order valence-corrected chi connectivity index (χ3v) is 3.30. The number of thioether (sulfide) groups is 1. The second-order valence-electron chi connectivity index (χ2n) is 3.59. The zero-order valence-corrected chi connectivity index (χ0v) is 9.68. The Morgan fingerprint density at radius 2 is 2.50 bits per heavy atom. The van der Waals surface area contributed by atoms with Gasteiger partial charge in [0.2, 0.25) is 6.19 Å². The molecule has 1 atom stereocenters. The zero-order valence-electron chi connectivity index (χ0n) is 8.86. The Bertz CT molecular complexity index is 244. The molecule has 0 saturated carbocycles. The van der Waals surface area contributed by atoms with Crippen molar-refractivity contribution >= 4 is 16.9 Å². The number of rotatable bonds is 2. The number of nitriles is 1. The monoisotopic (exact) mass is 211 g/mol. The van der Waals surface area contributed by atoms with Crippen LogP contribution < -0.4 is 0 Å². The highest BCUT2D eigenvalue weighted by Crippen LogP contribution is 2.23. The second kappa shape index (κ2) is 5.92. The second-order valence-corrected chi connectivity index (χ2v) is 4.36. The van der Waals surface area contributed by atoms with Gasteiger partial charge in [-0.05, 0) is 25.0 Å². The quantitative estimate of drug-likeness (QED) is 0.400. The van der Waals surface area contributed by atoms with E-state index in [0.29, 0.717) is 0 Å². The minimum absolute atomic E-state index is 0.802. The zero-order chi connectivity index (χ0) is 10.4. The average Bonchev–Trinajstić information content (AvgIpc) is 2.63. The molecule has 1 unspecified atom stereocenters. The van der Waals surface area contributed by atoms with Crippen LogP contribution in [0.1, 0.15) is 26.2 Å². The van der Waals surface area contributed by atoms with Gasteiger partial charge in [0.05, 0.1) is 0 Å². The smallest absolute Gasteiger partial charge is 0.208 e. The summed E-state index contributed by atoms with van der Waals surface area (Å²) in [4.78, 5) is 6.06. The van der Waals surface area contributed by atoms with Gasteiger partial charge in [0.15, 0.2) is 5.17 Å². The number of hydrogen-bond donors (Lipinski definition) is 0.